The molecule has 3 heteroatoms. The van der Waals surface area contributed by atoms with E-state index in [2.05, 4.69) is 5.32 Å². The molecule has 1 atom stereocenters. The van der Waals surface area contributed by atoms with Crippen molar-refractivity contribution >= 4 is 11.7 Å². The molecule has 0 heterocycles. The van der Waals surface area contributed by atoms with Gasteiger partial charge in [0.15, 0.2) is 5.78 Å². The maximum Gasteiger partial charge on any atom is 0.227 e. The number of rotatable bonds is 6. The second-order valence-corrected chi connectivity index (χ2v) is 6.69. The lowest BCUT2D eigenvalue weighted by molar-refractivity contribution is -0.122. The van der Waals surface area contributed by atoms with E-state index in [9.17, 15) is 9.59 Å². The van der Waals surface area contributed by atoms with Crippen LogP contribution in [0.4, 0.5) is 0 Å². The van der Waals surface area contributed by atoms with Crippen LogP contribution in [0.5, 0.6) is 0 Å². The predicted molar refractivity (Wildman–Crippen MR) is 108 cm³/mol. The zero-order valence-electron chi connectivity index (χ0n) is 15.6. The Hall–Kier alpha value is -3.20. The maximum atomic E-state index is 12.6. The highest BCUT2D eigenvalue weighted by Crippen LogP contribution is 2.19. The van der Waals surface area contributed by atoms with E-state index in [4.69, 9.17) is 0 Å². The predicted octanol–water partition coefficient (Wildman–Crippen LogP) is 4.65. The summed E-state index contributed by atoms with van der Waals surface area (Å²) in [5.74, 6) is -0.426. The number of ketones is 1. The van der Waals surface area contributed by atoms with E-state index in [-0.39, 0.29) is 17.6 Å². The van der Waals surface area contributed by atoms with E-state index < -0.39 is 0 Å². The van der Waals surface area contributed by atoms with E-state index >= 15 is 0 Å². The summed E-state index contributed by atoms with van der Waals surface area (Å²) in [6.07, 6.45) is 0. The number of nitrogens with one attached hydrogen (secondary N) is 1. The molecule has 0 bridgehead atoms. The lowest BCUT2D eigenvalue weighted by Gasteiger charge is -2.14. The summed E-state index contributed by atoms with van der Waals surface area (Å²) < 4.78 is 0. The molecular formula is C24H23NO2. The molecule has 1 N–H and O–H groups in total. The van der Waals surface area contributed by atoms with Gasteiger partial charge in [-0.3, -0.25) is 9.59 Å². The minimum Gasteiger partial charge on any atom is -0.351 e. The van der Waals surface area contributed by atoms with Gasteiger partial charge in [-0.05, 0) is 36.6 Å². The number of benzene rings is 3. The smallest absolute Gasteiger partial charge is 0.227 e. The minimum atomic E-state index is -0.336. The minimum absolute atomic E-state index is 0.0371. The fourth-order valence-corrected chi connectivity index (χ4v) is 3.00. The molecule has 3 aromatic rings. The summed E-state index contributed by atoms with van der Waals surface area (Å²) in [6, 6.07) is 24.5. The molecule has 136 valence electrons. The Morgan fingerprint density at radius 2 is 1.52 bits per heavy atom. The van der Waals surface area contributed by atoms with Gasteiger partial charge in [-0.15, -0.1) is 0 Å². The average Bonchev–Trinajstić information content (AvgIpc) is 2.72. The van der Waals surface area contributed by atoms with Gasteiger partial charge in [0.25, 0.3) is 0 Å². The zero-order valence-corrected chi connectivity index (χ0v) is 15.6. The molecule has 0 fully saturated rings. The lowest BCUT2D eigenvalue weighted by atomic mass is 9.95. The van der Waals surface area contributed by atoms with E-state index in [0.29, 0.717) is 17.7 Å². The topological polar surface area (TPSA) is 46.2 Å². The molecule has 0 aliphatic carbocycles. The average molecular weight is 357 g/mol. The summed E-state index contributed by atoms with van der Waals surface area (Å²) in [6.45, 7) is 4.39. The van der Waals surface area contributed by atoms with Crippen molar-refractivity contribution in [2.24, 2.45) is 0 Å². The Labute approximate surface area is 160 Å². The van der Waals surface area contributed by atoms with Crippen molar-refractivity contribution in [2.75, 3.05) is 0 Å². The van der Waals surface area contributed by atoms with Crippen LogP contribution in [0.1, 0.15) is 45.5 Å². The molecule has 3 aromatic carbocycles. The van der Waals surface area contributed by atoms with E-state index in [1.54, 1.807) is 18.2 Å². The first-order chi connectivity index (χ1) is 13.1. The highest BCUT2D eigenvalue weighted by molar-refractivity contribution is 6.09. The van der Waals surface area contributed by atoms with Gasteiger partial charge in [0, 0.05) is 17.7 Å². The Balaban J connectivity index is 1.71. The Kier molecular flexibility index (Phi) is 5.82. The van der Waals surface area contributed by atoms with Crippen molar-refractivity contribution in [1.82, 2.24) is 5.32 Å². The molecule has 0 aliphatic heterocycles. The summed E-state index contributed by atoms with van der Waals surface area (Å²) in [5, 5.41) is 2.99. The van der Waals surface area contributed by atoms with E-state index in [1.807, 2.05) is 74.5 Å². The van der Waals surface area contributed by atoms with Crippen LogP contribution in [0.25, 0.3) is 0 Å². The molecule has 0 spiro atoms. The monoisotopic (exact) mass is 357 g/mol. The first kappa shape index (κ1) is 18.6. The Morgan fingerprint density at radius 1 is 0.852 bits per heavy atom. The maximum absolute atomic E-state index is 12.6. The Morgan fingerprint density at radius 3 is 2.26 bits per heavy atom. The van der Waals surface area contributed by atoms with Crippen molar-refractivity contribution in [3.63, 3.8) is 0 Å². The van der Waals surface area contributed by atoms with Crippen molar-refractivity contribution in [3.05, 3.63) is 107 Å². The fourth-order valence-electron chi connectivity index (χ4n) is 3.00. The highest BCUT2D eigenvalue weighted by Gasteiger charge is 2.17. The van der Waals surface area contributed by atoms with Crippen LogP contribution in [-0.4, -0.2) is 11.7 Å². The van der Waals surface area contributed by atoms with Gasteiger partial charge in [-0.25, -0.2) is 0 Å². The first-order valence-corrected chi connectivity index (χ1v) is 9.08. The third-order valence-corrected chi connectivity index (χ3v) is 4.79. The second kappa shape index (κ2) is 8.45. The van der Waals surface area contributed by atoms with Gasteiger partial charge in [0.2, 0.25) is 5.91 Å². The molecule has 0 unspecified atom stereocenters. The van der Waals surface area contributed by atoms with Crippen LogP contribution in [0.2, 0.25) is 0 Å². The lowest BCUT2D eigenvalue weighted by Crippen LogP contribution is -2.27. The molecule has 3 nitrogen and oxygen atoms in total. The summed E-state index contributed by atoms with van der Waals surface area (Å²) in [5.41, 5.74) is 4.33. The number of aryl methyl sites for hydroxylation is 1. The standard InChI is InChI=1S/C24H23NO2/c1-17-9-6-7-12-22(17)16-25-24(27)18(2)20-13-8-14-21(15-20)23(26)19-10-4-3-5-11-19/h3-15,18H,16H2,1-2H3,(H,25,27)/t18-/m0/s1. The van der Waals surface area contributed by atoms with Gasteiger partial charge in [0.05, 0.1) is 5.92 Å². The Bertz CT molecular complexity index is 947. The van der Waals surface area contributed by atoms with Crippen molar-refractivity contribution < 1.29 is 9.59 Å². The van der Waals surface area contributed by atoms with Crippen LogP contribution in [-0.2, 0) is 11.3 Å². The second-order valence-electron chi connectivity index (χ2n) is 6.69. The molecule has 1 amide bonds. The number of carbonyl (C=O) groups is 2. The van der Waals surface area contributed by atoms with E-state index in [1.165, 1.54) is 0 Å². The fraction of sp³-hybridized carbons (Fsp3) is 0.167. The summed E-state index contributed by atoms with van der Waals surface area (Å²) in [7, 11) is 0. The zero-order chi connectivity index (χ0) is 19.2. The van der Waals surface area contributed by atoms with E-state index in [0.717, 1.165) is 16.7 Å². The summed E-state index contributed by atoms with van der Waals surface area (Å²) >= 11 is 0. The SMILES string of the molecule is Cc1ccccc1CNC(=O)[C@@H](C)c1cccc(C(=O)c2ccccc2)c1. The molecule has 0 saturated heterocycles. The van der Waals surface area contributed by atoms with Gasteiger partial charge in [0.1, 0.15) is 0 Å². The van der Waals surface area contributed by atoms with Crippen LogP contribution in [0.3, 0.4) is 0 Å². The molecule has 0 radical (unpaired) electrons. The van der Waals surface area contributed by atoms with Gasteiger partial charge >= 0.3 is 0 Å². The largest absolute Gasteiger partial charge is 0.351 e. The number of amides is 1. The van der Waals surface area contributed by atoms with Crippen LogP contribution >= 0.6 is 0 Å². The molecule has 0 aromatic heterocycles. The van der Waals surface area contributed by atoms with Gasteiger partial charge in [-0.2, -0.15) is 0 Å². The van der Waals surface area contributed by atoms with Crippen LogP contribution in [0.15, 0.2) is 78.9 Å². The van der Waals surface area contributed by atoms with Gasteiger partial charge in [-0.1, -0.05) is 72.8 Å². The van der Waals surface area contributed by atoms with Crippen molar-refractivity contribution in [3.8, 4) is 0 Å². The molecule has 3 rings (SSSR count). The highest BCUT2D eigenvalue weighted by atomic mass is 16.1. The van der Waals surface area contributed by atoms with Crippen LogP contribution < -0.4 is 5.32 Å². The van der Waals surface area contributed by atoms with Gasteiger partial charge < -0.3 is 5.32 Å². The third-order valence-electron chi connectivity index (χ3n) is 4.79. The number of hydrogen-bond acceptors (Lipinski definition) is 2. The molecule has 27 heavy (non-hydrogen) atoms. The molecular weight excluding hydrogens is 334 g/mol. The van der Waals surface area contributed by atoms with Crippen LogP contribution in [0, 0.1) is 6.92 Å². The molecule has 0 aliphatic rings. The normalized spacial score (nSPS) is 11.6. The third kappa shape index (κ3) is 4.50. The molecule has 0 saturated carbocycles. The quantitative estimate of drug-likeness (QED) is 0.653. The van der Waals surface area contributed by atoms with Crippen molar-refractivity contribution in [2.45, 2.75) is 26.3 Å². The first-order valence-electron chi connectivity index (χ1n) is 9.08. The summed E-state index contributed by atoms with van der Waals surface area (Å²) in [4.78, 5) is 25.2. The van der Waals surface area contributed by atoms with Crippen molar-refractivity contribution in [1.29, 1.82) is 0 Å². The number of hydrogen-bond donors (Lipinski definition) is 1. The number of carbonyl (C=O) groups excluding carboxylic acids is 2.